The summed E-state index contributed by atoms with van der Waals surface area (Å²) in [5.41, 5.74) is 6.25. The summed E-state index contributed by atoms with van der Waals surface area (Å²) in [6, 6.07) is 0. The first-order chi connectivity index (χ1) is 7.81. The lowest BCUT2D eigenvalue weighted by Gasteiger charge is -2.22. The summed E-state index contributed by atoms with van der Waals surface area (Å²) in [4.78, 5) is 11.0. The Kier molecular flexibility index (Phi) is 2.42. The third kappa shape index (κ3) is 2.43. The third-order valence-corrected chi connectivity index (χ3v) is 3.29. The average Bonchev–Trinajstić information content (AvgIpc) is 3.12. The predicted molar refractivity (Wildman–Crippen MR) is 64.1 cm³/mol. The van der Waals surface area contributed by atoms with Crippen molar-refractivity contribution in [3.63, 3.8) is 0 Å². The topological polar surface area (TPSA) is 55.0 Å². The Balaban J connectivity index is 1.71. The molecule has 4 nitrogen and oxygen atoms in total. The van der Waals surface area contributed by atoms with Gasteiger partial charge >= 0.3 is 0 Å². The molecule has 4 heteroatoms. The summed E-state index contributed by atoms with van der Waals surface area (Å²) in [6.07, 6.45) is 8.89. The van der Waals surface area contributed by atoms with Gasteiger partial charge in [-0.15, -0.1) is 0 Å². The van der Waals surface area contributed by atoms with E-state index in [1.54, 1.807) is 12.4 Å². The van der Waals surface area contributed by atoms with Crippen molar-refractivity contribution in [2.24, 2.45) is 11.8 Å². The van der Waals surface area contributed by atoms with Crippen molar-refractivity contribution in [2.45, 2.75) is 25.7 Å². The quantitative estimate of drug-likeness (QED) is 0.817. The molecule has 2 aliphatic rings. The molecule has 0 aliphatic heterocycles. The van der Waals surface area contributed by atoms with Crippen LogP contribution in [-0.4, -0.2) is 23.1 Å². The van der Waals surface area contributed by atoms with E-state index in [4.69, 9.17) is 5.73 Å². The summed E-state index contributed by atoms with van der Waals surface area (Å²) in [5.74, 6) is 2.60. The second kappa shape index (κ2) is 3.92. The molecule has 3 rings (SSSR count). The van der Waals surface area contributed by atoms with Crippen LogP contribution in [0, 0.1) is 11.8 Å². The number of nitrogens with two attached hydrogens (primary N) is 1. The minimum absolute atomic E-state index is 0.640. The number of nitrogens with zero attached hydrogens (tertiary/aromatic N) is 3. The first-order valence-corrected chi connectivity index (χ1v) is 6.14. The molecule has 0 bridgehead atoms. The highest BCUT2D eigenvalue weighted by Crippen LogP contribution is 2.34. The Morgan fingerprint density at radius 3 is 2.00 bits per heavy atom. The van der Waals surface area contributed by atoms with Gasteiger partial charge in [-0.05, 0) is 37.5 Å². The van der Waals surface area contributed by atoms with Crippen molar-refractivity contribution in [1.82, 2.24) is 9.97 Å². The summed E-state index contributed by atoms with van der Waals surface area (Å²) in [7, 11) is 0. The minimum atomic E-state index is 0.640. The van der Waals surface area contributed by atoms with Gasteiger partial charge in [-0.2, -0.15) is 0 Å². The van der Waals surface area contributed by atoms with Gasteiger partial charge in [0, 0.05) is 13.1 Å². The molecular weight excluding hydrogens is 200 g/mol. The van der Waals surface area contributed by atoms with Crippen molar-refractivity contribution >= 4 is 11.6 Å². The maximum absolute atomic E-state index is 5.61. The Morgan fingerprint density at radius 1 is 1.06 bits per heavy atom. The Morgan fingerprint density at radius 2 is 1.56 bits per heavy atom. The standard InChI is InChI=1S/C12H18N4/c13-11-5-14-12(15-6-11)16(7-9-1-2-9)8-10-3-4-10/h5-6,9-10H,1-4,7-8,13H2. The Labute approximate surface area is 95.9 Å². The third-order valence-electron chi connectivity index (χ3n) is 3.29. The van der Waals surface area contributed by atoms with Crippen molar-refractivity contribution in [3.05, 3.63) is 12.4 Å². The number of aromatic nitrogens is 2. The van der Waals surface area contributed by atoms with Crippen LogP contribution in [0.4, 0.5) is 11.6 Å². The van der Waals surface area contributed by atoms with E-state index >= 15 is 0 Å². The maximum atomic E-state index is 5.61. The Hall–Kier alpha value is -1.32. The largest absolute Gasteiger partial charge is 0.396 e. The van der Waals surface area contributed by atoms with Gasteiger partial charge in [0.25, 0.3) is 0 Å². The van der Waals surface area contributed by atoms with Gasteiger partial charge in [-0.25, -0.2) is 9.97 Å². The number of nitrogen functional groups attached to an aromatic ring is 1. The van der Waals surface area contributed by atoms with Gasteiger partial charge in [0.1, 0.15) is 0 Å². The van der Waals surface area contributed by atoms with Crippen LogP contribution in [0.3, 0.4) is 0 Å². The molecular formula is C12H18N4. The van der Waals surface area contributed by atoms with E-state index in [9.17, 15) is 0 Å². The molecule has 0 saturated heterocycles. The number of hydrogen-bond acceptors (Lipinski definition) is 4. The van der Waals surface area contributed by atoms with Crippen LogP contribution in [-0.2, 0) is 0 Å². The van der Waals surface area contributed by atoms with Crippen LogP contribution in [0.25, 0.3) is 0 Å². The molecule has 1 heterocycles. The summed E-state index contributed by atoms with van der Waals surface area (Å²) in [6.45, 7) is 2.25. The van der Waals surface area contributed by atoms with Crippen LogP contribution < -0.4 is 10.6 Å². The van der Waals surface area contributed by atoms with E-state index in [1.807, 2.05) is 0 Å². The van der Waals surface area contributed by atoms with Crippen LogP contribution in [0.15, 0.2) is 12.4 Å². The first kappa shape index (κ1) is 9.87. The molecule has 0 radical (unpaired) electrons. The molecule has 1 aromatic heterocycles. The molecule has 0 unspecified atom stereocenters. The SMILES string of the molecule is Nc1cnc(N(CC2CC2)CC2CC2)nc1. The van der Waals surface area contributed by atoms with Gasteiger partial charge in [0.05, 0.1) is 18.1 Å². The molecule has 86 valence electrons. The fourth-order valence-corrected chi connectivity index (χ4v) is 1.96. The van der Waals surface area contributed by atoms with E-state index in [2.05, 4.69) is 14.9 Å². The molecule has 2 aliphatic carbocycles. The minimum Gasteiger partial charge on any atom is -0.396 e. The van der Waals surface area contributed by atoms with E-state index in [1.165, 1.54) is 25.7 Å². The number of anilines is 2. The lowest BCUT2D eigenvalue weighted by Crippen LogP contribution is -2.29. The number of hydrogen-bond donors (Lipinski definition) is 1. The molecule has 2 fully saturated rings. The van der Waals surface area contributed by atoms with Crippen molar-refractivity contribution in [2.75, 3.05) is 23.7 Å². The molecule has 0 amide bonds. The Bertz CT molecular complexity index is 340. The lowest BCUT2D eigenvalue weighted by molar-refractivity contribution is 0.662. The predicted octanol–water partition coefficient (Wildman–Crippen LogP) is 1.69. The average molecular weight is 218 g/mol. The highest BCUT2D eigenvalue weighted by atomic mass is 15.3. The number of rotatable bonds is 5. The van der Waals surface area contributed by atoms with Crippen LogP contribution in [0.2, 0.25) is 0 Å². The molecule has 2 saturated carbocycles. The van der Waals surface area contributed by atoms with Crippen LogP contribution in [0.5, 0.6) is 0 Å². The van der Waals surface area contributed by atoms with Crippen molar-refractivity contribution < 1.29 is 0 Å². The second-order valence-corrected chi connectivity index (χ2v) is 5.11. The van der Waals surface area contributed by atoms with Gasteiger partial charge in [0.15, 0.2) is 0 Å². The summed E-state index contributed by atoms with van der Waals surface area (Å²) >= 11 is 0. The molecule has 2 N–H and O–H groups in total. The van der Waals surface area contributed by atoms with E-state index in [0.29, 0.717) is 5.69 Å². The van der Waals surface area contributed by atoms with E-state index < -0.39 is 0 Å². The van der Waals surface area contributed by atoms with Gasteiger partial charge in [-0.3, -0.25) is 0 Å². The zero-order chi connectivity index (χ0) is 11.0. The highest BCUT2D eigenvalue weighted by molar-refractivity contribution is 5.38. The summed E-state index contributed by atoms with van der Waals surface area (Å²) < 4.78 is 0. The zero-order valence-corrected chi connectivity index (χ0v) is 9.47. The fraction of sp³-hybridized carbons (Fsp3) is 0.667. The van der Waals surface area contributed by atoms with E-state index in [-0.39, 0.29) is 0 Å². The monoisotopic (exact) mass is 218 g/mol. The second-order valence-electron chi connectivity index (χ2n) is 5.11. The maximum Gasteiger partial charge on any atom is 0.225 e. The van der Waals surface area contributed by atoms with Crippen LogP contribution >= 0.6 is 0 Å². The van der Waals surface area contributed by atoms with Crippen LogP contribution in [0.1, 0.15) is 25.7 Å². The van der Waals surface area contributed by atoms with E-state index in [0.717, 1.165) is 30.9 Å². The smallest absolute Gasteiger partial charge is 0.225 e. The molecule has 1 aromatic rings. The van der Waals surface area contributed by atoms with Gasteiger partial charge < -0.3 is 10.6 Å². The summed E-state index contributed by atoms with van der Waals surface area (Å²) in [5, 5.41) is 0. The molecule has 16 heavy (non-hydrogen) atoms. The highest BCUT2D eigenvalue weighted by Gasteiger charge is 2.30. The molecule has 0 atom stereocenters. The fourth-order valence-electron chi connectivity index (χ4n) is 1.96. The molecule has 0 aromatic carbocycles. The normalized spacial score (nSPS) is 19.8. The van der Waals surface area contributed by atoms with Gasteiger partial charge in [0.2, 0.25) is 5.95 Å². The molecule has 0 spiro atoms. The van der Waals surface area contributed by atoms with Crippen molar-refractivity contribution in [3.8, 4) is 0 Å². The van der Waals surface area contributed by atoms with Crippen molar-refractivity contribution in [1.29, 1.82) is 0 Å². The zero-order valence-electron chi connectivity index (χ0n) is 9.47. The van der Waals surface area contributed by atoms with Gasteiger partial charge in [-0.1, -0.05) is 0 Å². The lowest BCUT2D eigenvalue weighted by atomic mass is 10.3. The first-order valence-electron chi connectivity index (χ1n) is 6.14.